The third-order valence-corrected chi connectivity index (χ3v) is 1.79. The van der Waals surface area contributed by atoms with Crippen molar-refractivity contribution in [1.82, 2.24) is 5.32 Å². The summed E-state index contributed by atoms with van der Waals surface area (Å²) >= 11 is 5.57. The summed E-state index contributed by atoms with van der Waals surface area (Å²) in [4.78, 5) is 11.2. The highest BCUT2D eigenvalue weighted by Gasteiger charge is 2.11. The molecule has 0 radical (unpaired) electrons. The highest BCUT2D eigenvalue weighted by atomic mass is 35.5. The quantitative estimate of drug-likeness (QED) is 0.830. The van der Waals surface area contributed by atoms with Crippen LogP contribution in [-0.4, -0.2) is 19.1 Å². The lowest BCUT2D eigenvalue weighted by molar-refractivity contribution is 0.0947. The minimum Gasteiger partial charge on any atom is -0.349 e. The van der Waals surface area contributed by atoms with E-state index < -0.39 is 18.4 Å². The van der Waals surface area contributed by atoms with E-state index in [1.54, 1.807) is 0 Å². The van der Waals surface area contributed by atoms with E-state index in [0.29, 0.717) is 0 Å². The normalized spacial score (nSPS) is 9.93. The van der Waals surface area contributed by atoms with Crippen LogP contribution in [0.1, 0.15) is 10.4 Å². The molecule has 5 heteroatoms. The zero-order valence-electron chi connectivity index (χ0n) is 7.19. The van der Waals surface area contributed by atoms with Crippen LogP contribution in [-0.2, 0) is 0 Å². The van der Waals surface area contributed by atoms with Gasteiger partial charge in [0.05, 0.1) is 5.56 Å². The summed E-state index contributed by atoms with van der Waals surface area (Å²) in [5.41, 5.74) is -0.175. The van der Waals surface area contributed by atoms with Gasteiger partial charge in [-0.1, -0.05) is 11.6 Å². The van der Waals surface area contributed by atoms with Crippen molar-refractivity contribution in [2.24, 2.45) is 0 Å². The van der Waals surface area contributed by atoms with Crippen molar-refractivity contribution in [2.75, 3.05) is 13.2 Å². The molecule has 0 saturated heterocycles. The molecule has 0 aliphatic heterocycles. The molecule has 0 aromatic heterocycles. The number of carbonyl (C=O) groups is 1. The van der Waals surface area contributed by atoms with E-state index in [1.165, 1.54) is 12.1 Å². The maximum absolute atomic E-state index is 13.0. The van der Waals surface area contributed by atoms with Gasteiger partial charge >= 0.3 is 0 Å². The van der Waals surface area contributed by atoms with Gasteiger partial charge in [-0.25, -0.2) is 8.78 Å². The fourth-order valence-electron chi connectivity index (χ4n) is 0.928. The molecule has 0 heterocycles. The van der Waals surface area contributed by atoms with Crippen molar-refractivity contribution in [2.45, 2.75) is 0 Å². The molecule has 1 aromatic carbocycles. The molecule has 0 bridgehead atoms. The van der Waals surface area contributed by atoms with Crippen molar-refractivity contribution < 1.29 is 13.6 Å². The number of carbonyl (C=O) groups excluding carboxylic acids is 1. The Morgan fingerprint density at radius 3 is 2.86 bits per heavy atom. The predicted molar refractivity (Wildman–Crippen MR) is 49.7 cm³/mol. The van der Waals surface area contributed by atoms with Gasteiger partial charge in [-0.3, -0.25) is 4.79 Å². The lowest BCUT2D eigenvalue weighted by Gasteiger charge is -2.03. The van der Waals surface area contributed by atoms with Gasteiger partial charge in [0, 0.05) is 11.6 Å². The molecule has 76 valence electrons. The summed E-state index contributed by atoms with van der Waals surface area (Å²) < 4.78 is 24.7. The van der Waals surface area contributed by atoms with Gasteiger partial charge in [-0.15, -0.1) is 0 Å². The van der Waals surface area contributed by atoms with E-state index >= 15 is 0 Å². The molecule has 0 saturated carbocycles. The third kappa shape index (κ3) is 2.67. The molecule has 0 unspecified atom stereocenters. The van der Waals surface area contributed by atoms with Crippen molar-refractivity contribution >= 4 is 17.5 Å². The van der Waals surface area contributed by atoms with Gasteiger partial charge < -0.3 is 5.32 Å². The van der Waals surface area contributed by atoms with Gasteiger partial charge in [0.25, 0.3) is 5.91 Å². The molecule has 0 atom stereocenters. The molecule has 0 spiro atoms. The molecule has 1 N–H and O–H groups in total. The average molecular weight is 220 g/mol. The number of nitrogens with one attached hydrogen (secondary N) is 1. The Bertz CT molecular complexity index is 344. The largest absolute Gasteiger partial charge is 0.349 e. The van der Waals surface area contributed by atoms with Gasteiger partial charge in [0.15, 0.2) is 0 Å². The molecule has 1 amide bonds. The Labute approximate surface area is 84.9 Å². The van der Waals surface area contributed by atoms with E-state index in [-0.39, 0.29) is 17.1 Å². The fourth-order valence-corrected chi connectivity index (χ4v) is 1.10. The van der Waals surface area contributed by atoms with E-state index in [1.807, 2.05) is 0 Å². The van der Waals surface area contributed by atoms with Gasteiger partial charge in [-0.05, 0) is 18.2 Å². The Kier molecular flexibility index (Phi) is 3.83. The summed E-state index contributed by atoms with van der Waals surface area (Å²) in [7, 11) is 0. The smallest absolute Gasteiger partial charge is 0.254 e. The van der Waals surface area contributed by atoms with E-state index in [4.69, 9.17) is 11.6 Å². The molecule has 0 aliphatic carbocycles. The zero-order chi connectivity index (χ0) is 10.6. The maximum atomic E-state index is 13.0. The van der Waals surface area contributed by atoms with Gasteiger partial charge in [0.1, 0.15) is 12.5 Å². The first-order chi connectivity index (χ1) is 6.65. The molecule has 0 aliphatic rings. The monoisotopic (exact) mass is 219 g/mol. The number of hydrogen-bond donors (Lipinski definition) is 1. The first kappa shape index (κ1) is 10.9. The second-order valence-electron chi connectivity index (χ2n) is 2.57. The molecule has 2 nitrogen and oxygen atoms in total. The van der Waals surface area contributed by atoms with E-state index in [9.17, 15) is 13.6 Å². The Balaban J connectivity index is 2.83. The third-order valence-electron chi connectivity index (χ3n) is 1.55. The first-order valence-electron chi connectivity index (χ1n) is 3.94. The maximum Gasteiger partial charge on any atom is 0.254 e. The van der Waals surface area contributed by atoms with Gasteiger partial charge in [0.2, 0.25) is 0 Å². The van der Waals surface area contributed by atoms with Crippen LogP contribution in [0, 0.1) is 5.82 Å². The summed E-state index contributed by atoms with van der Waals surface area (Å²) in [6, 6.07) is 3.62. The minimum atomic E-state index is -0.687. The summed E-state index contributed by atoms with van der Waals surface area (Å²) in [5, 5.41) is 2.47. The topological polar surface area (TPSA) is 29.1 Å². The highest BCUT2D eigenvalue weighted by Crippen LogP contribution is 2.14. The lowest BCUT2D eigenvalue weighted by Crippen LogP contribution is -2.26. The van der Waals surface area contributed by atoms with Crippen LogP contribution in [0.5, 0.6) is 0 Å². The zero-order valence-corrected chi connectivity index (χ0v) is 7.94. The number of amides is 1. The molecular formula is C9H8ClF2NO. The van der Waals surface area contributed by atoms with E-state index in [0.717, 1.165) is 6.07 Å². The number of hydrogen-bond acceptors (Lipinski definition) is 1. The van der Waals surface area contributed by atoms with Crippen molar-refractivity contribution in [3.63, 3.8) is 0 Å². The van der Waals surface area contributed by atoms with Crippen LogP contribution in [0.3, 0.4) is 0 Å². The molecule has 14 heavy (non-hydrogen) atoms. The van der Waals surface area contributed by atoms with Crippen molar-refractivity contribution in [3.05, 3.63) is 34.6 Å². The van der Waals surface area contributed by atoms with Crippen molar-refractivity contribution in [1.29, 1.82) is 0 Å². The Morgan fingerprint density at radius 2 is 2.21 bits per heavy atom. The van der Waals surface area contributed by atoms with Crippen LogP contribution < -0.4 is 5.32 Å². The fraction of sp³-hybridized carbons (Fsp3) is 0.222. The van der Waals surface area contributed by atoms with Crippen LogP contribution >= 0.6 is 11.6 Å². The van der Waals surface area contributed by atoms with Crippen LogP contribution in [0.2, 0.25) is 5.02 Å². The van der Waals surface area contributed by atoms with Crippen LogP contribution in [0.25, 0.3) is 0 Å². The standard InChI is InChI=1S/C9H8ClF2NO/c10-6-1-2-8(12)7(5-6)9(14)13-4-3-11/h1-2,5H,3-4H2,(H,13,14). The molecule has 1 rings (SSSR count). The second kappa shape index (κ2) is 4.91. The summed E-state index contributed by atoms with van der Waals surface area (Å²) in [6.45, 7) is -0.821. The highest BCUT2D eigenvalue weighted by molar-refractivity contribution is 6.30. The SMILES string of the molecule is O=C(NCCF)c1cc(Cl)ccc1F. The average Bonchev–Trinajstić information content (AvgIpc) is 2.18. The Hall–Kier alpha value is -1.16. The lowest BCUT2D eigenvalue weighted by atomic mass is 10.2. The van der Waals surface area contributed by atoms with Crippen LogP contribution in [0.15, 0.2) is 18.2 Å². The first-order valence-corrected chi connectivity index (χ1v) is 4.32. The number of alkyl halides is 1. The summed E-state index contributed by atoms with van der Waals surface area (Å²) in [6.07, 6.45) is 0. The number of rotatable bonds is 3. The van der Waals surface area contributed by atoms with Crippen molar-refractivity contribution in [3.8, 4) is 0 Å². The summed E-state index contributed by atoms with van der Waals surface area (Å²) in [5.74, 6) is -1.34. The number of halogens is 3. The van der Waals surface area contributed by atoms with Crippen LogP contribution in [0.4, 0.5) is 8.78 Å². The predicted octanol–water partition coefficient (Wildman–Crippen LogP) is 2.18. The molecule has 0 fully saturated rings. The molecular weight excluding hydrogens is 212 g/mol. The second-order valence-corrected chi connectivity index (χ2v) is 3.01. The minimum absolute atomic E-state index is 0.134. The Morgan fingerprint density at radius 1 is 1.50 bits per heavy atom. The number of benzene rings is 1. The molecule has 1 aromatic rings. The van der Waals surface area contributed by atoms with Gasteiger partial charge in [-0.2, -0.15) is 0 Å². The van der Waals surface area contributed by atoms with E-state index in [2.05, 4.69) is 5.32 Å².